The number of imidazole rings is 1. The Morgan fingerprint density at radius 1 is 1.16 bits per heavy atom. The van der Waals surface area contributed by atoms with Crippen LogP contribution in [0.1, 0.15) is 11.3 Å². The quantitative estimate of drug-likeness (QED) is 0.722. The molecule has 1 aliphatic heterocycles. The van der Waals surface area contributed by atoms with E-state index in [1.807, 2.05) is 40.8 Å². The molecule has 7 nitrogen and oxygen atoms in total. The van der Waals surface area contributed by atoms with Gasteiger partial charge in [0, 0.05) is 51.0 Å². The molecular formula is C18H20N6O. The van der Waals surface area contributed by atoms with Crippen molar-refractivity contribution in [2.24, 2.45) is 0 Å². The lowest BCUT2D eigenvalue weighted by atomic mass is 10.2. The van der Waals surface area contributed by atoms with Crippen molar-refractivity contribution in [2.75, 3.05) is 31.1 Å². The molecule has 1 amide bonds. The number of carbonyl (C=O) groups excluding carboxylic acids is 1. The smallest absolute Gasteiger partial charge is 0.228 e. The molecule has 4 heterocycles. The highest BCUT2D eigenvalue weighted by molar-refractivity contribution is 5.78. The highest BCUT2D eigenvalue weighted by atomic mass is 16.2. The molecule has 7 heteroatoms. The molecule has 0 atom stereocenters. The van der Waals surface area contributed by atoms with E-state index in [4.69, 9.17) is 0 Å². The number of aromatic nitrogens is 4. The maximum atomic E-state index is 12.6. The summed E-state index contributed by atoms with van der Waals surface area (Å²) in [7, 11) is 0. The molecule has 0 saturated carbocycles. The zero-order valence-electron chi connectivity index (χ0n) is 14.2. The fraction of sp³-hybridized carbons (Fsp3) is 0.333. The van der Waals surface area contributed by atoms with Crippen molar-refractivity contribution < 1.29 is 4.79 Å². The van der Waals surface area contributed by atoms with Gasteiger partial charge in [0.2, 0.25) is 11.9 Å². The molecule has 128 valence electrons. The van der Waals surface area contributed by atoms with E-state index >= 15 is 0 Å². The van der Waals surface area contributed by atoms with Gasteiger partial charge >= 0.3 is 0 Å². The molecule has 0 radical (unpaired) electrons. The van der Waals surface area contributed by atoms with Crippen molar-refractivity contribution >= 4 is 17.5 Å². The molecule has 4 rings (SSSR count). The number of anilines is 1. The third-order valence-electron chi connectivity index (χ3n) is 4.47. The first-order valence-corrected chi connectivity index (χ1v) is 8.43. The Balaban J connectivity index is 1.38. The Kier molecular flexibility index (Phi) is 4.05. The molecule has 3 aromatic heterocycles. The largest absolute Gasteiger partial charge is 0.339 e. The van der Waals surface area contributed by atoms with Gasteiger partial charge in [0.25, 0.3) is 0 Å². The number of hydrogen-bond donors (Lipinski definition) is 0. The topological polar surface area (TPSA) is 66.6 Å². The van der Waals surface area contributed by atoms with Crippen molar-refractivity contribution in [2.45, 2.75) is 13.3 Å². The lowest BCUT2D eigenvalue weighted by Crippen LogP contribution is -2.49. The normalized spacial score (nSPS) is 14.9. The SMILES string of the molecule is Cc1ccn2cc(CC(=O)N3CCN(c4ncccn4)CC3)nc2c1. The van der Waals surface area contributed by atoms with E-state index in [0.29, 0.717) is 19.5 Å². The maximum Gasteiger partial charge on any atom is 0.228 e. The minimum atomic E-state index is 0.119. The molecule has 1 saturated heterocycles. The maximum absolute atomic E-state index is 12.6. The van der Waals surface area contributed by atoms with Crippen LogP contribution >= 0.6 is 0 Å². The number of piperazine rings is 1. The number of amides is 1. The van der Waals surface area contributed by atoms with Gasteiger partial charge in [-0.15, -0.1) is 0 Å². The molecule has 0 aromatic carbocycles. The highest BCUT2D eigenvalue weighted by Crippen LogP contribution is 2.12. The van der Waals surface area contributed by atoms with E-state index in [9.17, 15) is 4.79 Å². The van der Waals surface area contributed by atoms with Crippen LogP contribution < -0.4 is 4.90 Å². The molecule has 25 heavy (non-hydrogen) atoms. The number of hydrogen-bond acceptors (Lipinski definition) is 5. The first kappa shape index (κ1) is 15.6. The third kappa shape index (κ3) is 3.31. The van der Waals surface area contributed by atoms with Gasteiger partial charge in [-0.3, -0.25) is 4.79 Å². The zero-order chi connectivity index (χ0) is 17.2. The summed E-state index contributed by atoms with van der Waals surface area (Å²) in [6, 6.07) is 5.86. The van der Waals surface area contributed by atoms with Gasteiger partial charge in [0.15, 0.2) is 0 Å². The van der Waals surface area contributed by atoms with Gasteiger partial charge < -0.3 is 14.2 Å². The Labute approximate surface area is 145 Å². The van der Waals surface area contributed by atoms with Gasteiger partial charge in [-0.2, -0.15) is 0 Å². The van der Waals surface area contributed by atoms with E-state index in [1.54, 1.807) is 18.5 Å². The predicted molar refractivity (Wildman–Crippen MR) is 94.5 cm³/mol. The standard InChI is InChI=1S/C18H20N6O/c1-14-3-6-24-13-15(21-16(24)11-14)12-17(25)22-7-9-23(10-8-22)18-19-4-2-5-20-18/h2-6,11,13H,7-10,12H2,1H3. The summed E-state index contributed by atoms with van der Waals surface area (Å²) in [5, 5.41) is 0. The van der Waals surface area contributed by atoms with E-state index < -0.39 is 0 Å². The van der Waals surface area contributed by atoms with Crippen LogP contribution in [0.25, 0.3) is 5.65 Å². The lowest BCUT2D eigenvalue weighted by molar-refractivity contribution is -0.130. The van der Waals surface area contributed by atoms with Crippen molar-refractivity contribution in [3.05, 3.63) is 54.2 Å². The monoisotopic (exact) mass is 336 g/mol. The molecule has 0 N–H and O–H groups in total. The van der Waals surface area contributed by atoms with Crippen LogP contribution in [0.5, 0.6) is 0 Å². The van der Waals surface area contributed by atoms with Gasteiger partial charge in [-0.25, -0.2) is 15.0 Å². The van der Waals surface area contributed by atoms with Gasteiger partial charge in [0.05, 0.1) is 12.1 Å². The summed E-state index contributed by atoms with van der Waals surface area (Å²) >= 11 is 0. The van der Waals surface area contributed by atoms with E-state index in [1.165, 1.54) is 0 Å². The Morgan fingerprint density at radius 3 is 2.68 bits per heavy atom. The van der Waals surface area contributed by atoms with Gasteiger partial charge in [0.1, 0.15) is 5.65 Å². The molecular weight excluding hydrogens is 316 g/mol. The van der Waals surface area contributed by atoms with Crippen LogP contribution in [0.15, 0.2) is 43.0 Å². The molecule has 3 aromatic rings. The van der Waals surface area contributed by atoms with Crippen molar-refractivity contribution in [1.82, 2.24) is 24.3 Å². The van der Waals surface area contributed by atoms with Crippen LogP contribution in [0.4, 0.5) is 5.95 Å². The minimum absolute atomic E-state index is 0.119. The summed E-state index contributed by atoms with van der Waals surface area (Å²) in [6.45, 7) is 4.91. The van der Waals surface area contributed by atoms with Crippen molar-refractivity contribution in [3.8, 4) is 0 Å². The number of aryl methyl sites for hydroxylation is 1. The van der Waals surface area contributed by atoms with E-state index in [0.717, 1.165) is 35.9 Å². The minimum Gasteiger partial charge on any atom is -0.339 e. The second kappa shape index (κ2) is 6.51. The molecule has 0 unspecified atom stereocenters. The van der Waals surface area contributed by atoms with Crippen molar-refractivity contribution in [1.29, 1.82) is 0 Å². The van der Waals surface area contributed by atoms with Gasteiger partial charge in [-0.05, 0) is 30.7 Å². The van der Waals surface area contributed by atoms with Crippen molar-refractivity contribution in [3.63, 3.8) is 0 Å². The number of fused-ring (bicyclic) bond motifs is 1. The average molecular weight is 336 g/mol. The highest BCUT2D eigenvalue weighted by Gasteiger charge is 2.23. The molecule has 1 fully saturated rings. The van der Waals surface area contributed by atoms with Crippen LogP contribution in [0, 0.1) is 6.92 Å². The number of carbonyl (C=O) groups is 1. The van der Waals surface area contributed by atoms with E-state index in [2.05, 4.69) is 19.9 Å². The first-order valence-electron chi connectivity index (χ1n) is 8.43. The van der Waals surface area contributed by atoms with Crippen LogP contribution in [-0.4, -0.2) is 56.3 Å². The Bertz CT molecular complexity index is 883. The molecule has 0 aliphatic carbocycles. The first-order chi connectivity index (χ1) is 12.2. The lowest BCUT2D eigenvalue weighted by Gasteiger charge is -2.34. The molecule has 1 aliphatic rings. The summed E-state index contributed by atoms with van der Waals surface area (Å²) < 4.78 is 1.96. The fourth-order valence-corrected chi connectivity index (χ4v) is 3.10. The van der Waals surface area contributed by atoms with Gasteiger partial charge in [-0.1, -0.05) is 0 Å². The van der Waals surface area contributed by atoms with Crippen LogP contribution in [-0.2, 0) is 11.2 Å². The molecule has 0 spiro atoms. The number of pyridine rings is 1. The summed E-state index contributed by atoms with van der Waals surface area (Å²) in [5.41, 5.74) is 2.86. The van der Waals surface area contributed by atoms with Crippen LogP contribution in [0.3, 0.4) is 0 Å². The third-order valence-corrected chi connectivity index (χ3v) is 4.47. The second-order valence-corrected chi connectivity index (χ2v) is 6.30. The van der Waals surface area contributed by atoms with Crippen LogP contribution in [0.2, 0.25) is 0 Å². The second-order valence-electron chi connectivity index (χ2n) is 6.30. The fourth-order valence-electron chi connectivity index (χ4n) is 3.10. The summed E-state index contributed by atoms with van der Waals surface area (Å²) in [6.07, 6.45) is 7.73. The average Bonchev–Trinajstić information content (AvgIpc) is 3.04. The molecule has 0 bridgehead atoms. The van der Waals surface area contributed by atoms with E-state index in [-0.39, 0.29) is 5.91 Å². The summed E-state index contributed by atoms with van der Waals surface area (Å²) in [4.78, 5) is 29.7. The number of rotatable bonds is 3. The zero-order valence-corrected chi connectivity index (χ0v) is 14.2. The summed E-state index contributed by atoms with van der Waals surface area (Å²) in [5.74, 6) is 0.846. The Morgan fingerprint density at radius 2 is 1.92 bits per heavy atom. The Hall–Kier alpha value is -2.96. The predicted octanol–water partition coefficient (Wildman–Crippen LogP) is 1.32. The number of nitrogens with zero attached hydrogens (tertiary/aromatic N) is 6.